The molecule has 2 aliphatic rings. The third-order valence-corrected chi connectivity index (χ3v) is 7.76. The number of hydrogen-bond acceptors (Lipinski definition) is 6. The number of ether oxygens (including phenoxy) is 2. The van der Waals surface area contributed by atoms with E-state index in [1.54, 1.807) is 0 Å². The van der Waals surface area contributed by atoms with Gasteiger partial charge in [0.25, 0.3) is 0 Å². The Hall–Kier alpha value is -3.30. The molecule has 2 saturated heterocycles. The molecule has 3 aromatic rings. The molecule has 2 bridgehead atoms. The van der Waals surface area contributed by atoms with E-state index in [0.29, 0.717) is 35.8 Å². The van der Waals surface area contributed by atoms with Gasteiger partial charge in [-0.15, -0.1) is 5.10 Å². The third-order valence-electron chi connectivity index (χ3n) is 7.76. The lowest BCUT2D eigenvalue weighted by molar-refractivity contribution is -0.120. The minimum Gasteiger partial charge on any atom is -0.494 e. The number of rotatable bonds is 10. The fourth-order valence-electron chi connectivity index (χ4n) is 6.02. The summed E-state index contributed by atoms with van der Waals surface area (Å²) >= 11 is 0. The Morgan fingerprint density at radius 3 is 2.44 bits per heavy atom. The van der Waals surface area contributed by atoms with Gasteiger partial charge in [0, 0.05) is 30.1 Å². The van der Waals surface area contributed by atoms with Crippen LogP contribution in [-0.4, -0.2) is 63.5 Å². The SMILES string of the molecule is COc1cc(-c2nn(-c3ccc(CC(C)N4C5CCC4COC5)cc3)c(=O)n2CC(=O)CC(C)C)ccc1F. The van der Waals surface area contributed by atoms with Crippen LogP contribution < -0.4 is 10.4 Å². The highest BCUT2D eigenvalue weighted by Gasteiger charge is 2.39. The summed E-state index contributed by atoms with van der Waals surface area (Å²) in [6, 6.07) is 13.5. The molecule has 3 atom stereocenters. The minimum atomic E-state index is -0.514. The van der Waals surface area contributed by atoms with Crippen molar-refractivity contribution in [3.63, 3.8) is 0 Å². The highest BCUT2D eigenvalue weighted by atomic mass is 19.1. The highest BCUT2D eigenvalue weighted by Crippen LogP contribution is 2.32. The van der Waals surface area contributed by atoms with Gasteiger partial charge in [0.2, 0.25) is 0 Å². The number of aromatic nitrogens is 3. The maximum absolute atomic E-state index is 14.1. The van der Waals surface area contributed by atoms with Crippen molar-refractivity contribution in [3.8, 4) is 22.8 Å². The van der Waals surface area contributed by atoms with Gasteiger partial charge in [-0.05, 0) is 68.0 Å². The molecule has 0 aliphatic carbocycles. The van der Waals surface area contributed by atoms with Crippen LogP contribution in [0.25, 0.3) is 17.1 Å². The van der Waals surface area contributed by atoms with E-state index in [-0.39, 0.29) is 29.8 Å². The summed E-state index contributed by atoms with van der Waals surface area (Å²) < 4.78 is 27.6. The fourth-order valence-corrected chi connectivity index (χ4v) is 6.02. The number of morpholine rings is 1. The third kappa shape index (κ3) is 5.70. The van der Waals surface area contributed by atoms with Gasteiger partial charge >= 0.3 is 5.69 Å². The Bertz CT molecular complexity index is 1360. The predicted molar refractivity (Wildman–Crippen MR) is 147 cm³/mol. The molecule has 3 unspecified atom stereocenters. The second-order valence-electron chi connectivity index (χ2n) is 11.2. The first kappa shape index (κ1) is 27.3. The highest BCUT2D eigenvalue weighted by molar-refractivity contribution is 5.79. The van der Waals surface area contributed by atoms with Gasteiger partial charge in [-0.25, -0.2) is 9.18 Å². The normalized spacial score (nSPS) is 19.9. The summed E-state index contributed by atoms with van der Waals surface area (Å²) in [7, 11) is 1.38. The number of nitrogens with zero attached hydrogens (tertiary/aromatic N) is 4. The lowest BCUT2D eigenvalue weighted by atomic mass is 10.0. The van der Waals surface area contributed by atoms with E-state index in [2.05, 4.69) is 16.9 Å². The van der Waals surface area contributed by atoms with Gasteiger partial charge in [0.05, 0.1) is 32.6 Å². The summed E-state index contributed by atoms with van der Waals surface area (Å²) in [6.45, 7) is 7.71. The van der Waals surface area contributed by atoms with Crippen molar-refractivity contribution in [2.75, 3.05) is 20.3 Å². The van der Waals surface area contributed by atoms with Crippen LogP contribution in [0.1, 0.15) is 45.6 Å². The number of carbonyl (C=O) groups is 1. The summed E-state index contributed by atoms with van der Waals surface area (Å²) in [5.41, 5.74) is 1.86. The second-order valence-corrected chi connectivity index (χ2v) is 11.2. The molecule has 3 heterocycles. The van der Waals surface area contributed by atoms with Crippen molar-refractivity contribution in [2.45, 2.75) is 71.1 Å². The number of methoxy groups -OCH3 is 1. The molecule has 0 saturated carbocycles. The predicted octanol–water partition coefficient (Wildman–Crippen LogP) is 4.26. The van der Waals surface area contributed by atoms with Crippen molar-refractivity contribution >= 4 is 5.78 Å². The smallest absolute Gasteiger partial charge is 0.351 e. The first-order valence-electron chi connectivity index (χ1n) is 13.7. The van der Waals surface area contributed by atoms with Gasteiger partial charge in [-0.3, -0.25) is 14.3 Å². The topological polar surface area (TPSA) is 78.6 Å². The number of Topliss-reactive ketones (excluding diaryl/α,β-unsaturated/α-hetero) is 1. The van der Waals surface area contributed by atoms with Crippen molar-refractivity contribution in [2.24, 2.45) is 5.92 Å². The molecule has 9 heteroatoms. The number of fused-ring (bicyclic) bond motifs is 2. The van der Waals surface area contributed by atoms with Crippen LogP contribution in [0.5, 0.6) is 5.75 Å². The van der Waals surface area contributed by atoms with Crippen LogP contribution in [0.3, 0.4) is 0 Å². The minimum absolute atomic E-state index is 0.0433. The average Bonchev–Trinajstić information content (AvgIpc) is 3.36. The van der Waals surface area contributed by atoms with E-state index < -0.39 is 11.5 Å². The van der Waals surface area contributed by atoms with Crippen molar-refractivity contribution in [3.05, 3.63) is 64.3 Å². The van der Waals surface area contributed by atoms with E-state index in [1.165, 1.54) is 53.0 Å². The maximum Gasteiger partial charge on any atom is 0.351 e. The molecule has 5 rings (SSSR count). The van der Waals surface area contributed by atoms with Crippen LogP contribution in [0.4, 0.5) is 4.39 Å². The first-order chi connectivity index (χ1) is 18.7. The molecule has 2 fully saturated rings. The molecular formula is C30H37FN4O4. The second kappa shape index (κ2) is 11.4. The van der Waals surface area contributed by atoms with Crippen LogP contribution in [0.2, 0.25) is 0 Å². The van der Waals surface area contributed by atoms with Gasteiger partial charge in [0.1, 0.15) is 0 Å². The molecule has 2 aromatic carbocycles. The lowest BCUT2D eigenvalue weighted by Crippen LogP contribution is -2.50. The zero-order chi connectivity index (χ0) is 27.7. The van der Waals surface area contributed by atoms with Crippen LogP contribution in [-0.2, 0) is 22.5 Å². The van der Waals surface area contributed by atoms with Gasteiger partial charge in [0.15, 0.2) is 23.2 Å². The number of carbonyl (C=O) groups excluding carboxylic acids is 1. The summed E-state index contributed by atoms with van der Waals surface area (Å²) in [5, 5.41) is 4.59. The zero-order valence-electron chi connectivity index (χ0n) is 23.1. The lowest BCUT2D eigenvalue weighted by Gasteiger charge is -2.39. The maximum atomic E-state index is 14.1. The monoisotopic (exact) mass is 536 g/mol. The average molecular weight is 537 g/mol. The van der Waals surface area contributed by atoms with Crippen molar-refractivity contribution < 1.29 is 18.7 Å². The van der Waals surface area contributed by atoms with Gasteiger partial charge < -0.3 is 9.47 Å². The van der Waals surface area contributed by atoms with E-state index in [0.717, 1.165) is 19.6 Å². The number of ketones is 1. The largest absolute Gasteiger partial charge is 0.494 e. The summed E-state index contributed by atoms with van der Waals surface area (Å²) in [6.07, 6.45) is 3.64. The summed E-state index contributed by atoms with van der Waals surface area (Å²) in [5.74, 6) is -0.0819. The standard InChI is InChI=1S/C30H37FN4O4/c1-19(2)13-26(36)16-33-29(22-7-12-27(31)28(15-22)38-4)32-35(30(33)37)23-8-5-21(6-9-23)14-20(3)34-24-10-11-25(34)18-39-17-24/h5-9,12,15,19-20,24-25H,10-11,13-14,16-18H2,1-4H3. The molecule has 0 amide bonds. The first-order valence-corrected chi connectivity index (χ1v) is 13.7. The van der Waals surface area contributed by atoms with Gasteiger partial charge in [-0.2, -0.15) is 4.68 Å². The summed E-state index contributed by atoms with van der Waals surface area (Å²) in [4.78, 5) is 28.9. The molecule has 39 heavy (non-hydrogen) atoms. The number of halogens is 1. The Morgan fingerprint density at radius 1 is 1.10 bits per heavy atom. The Kier molecular flexibility index (Phi) is 8.00. The van der Waals surface area contributed by atoms with Gasteiger partial charge in [-0.1, -0.05) is 26.0 Å². The molecule has 0 radical (unpaired) electrons. The molecule has 0 spiro atoms. The zero-order valence-corrected chi connectivity index (χ0v) is 23.1. The Balaban J connectivity index is 1.43. The fraction of sp³-hybridized carbons (Fsp3) is 0.500. The van der Waals surface area contributed by atoms with Crippen molar-refractivity contribution in [1.29, 1.82) is 0 Å². The van der Waals surface area contributed by atoms with E-state index in [1.807, 2.05) is 38.1 Å². The molecule has 1 aromatic heterocycles. The van der Waals surface area contributed by atoms with E-state index in [9.17, 15) is 14.0 Å². The Labute approximate surface area is 228 Å². The number of benzene rings is 2. The van der Waals surface area contributed by atoms with Crippen molar-refractivity contribution in [1.82, 2.24) is 19.2 Å². The van der Waals surface area contributed by atoms with E-state index in [4.69, 9.17) is 9.47 Å². The van der Waals surface area contributed by atoms with E-state index >= 15 is 0 Å². The molecule has 208 valence electrons. The van der Waals surface area contributed by atoms with Crippen LogP contribution >= 0.6 is 0 Å². The molecule has 0 N–H and O–H groups in total. The van der Waals surface area contributed by atoms with Crippen LogP contribution in [0, 0.1) is 11.7 Å². The quantitative estimate of drug-likeness (QED) is 0.385. The van der Waals surface area contributed by atoms with Crippen LogP contribution in [0.15, 0.2) is 47.3 Å². The molecule has 2 aliphatic heterocycles. The number of hydrogen-bond donors (Lipinski definition) is 0. The Morgan fingerprint density at radius 2 is 1.79 bits per heavy atom. The molecule has 8 nitrogen and oxygen atoms in total. The molecular weight excluding hydrogens is 499 g/mol.